The molecule has 3 aromatic rings. The average Bonchev–Trinajstić information content (AvgIpc) is 3.24. The second-order valence-electron chi connectivity index (χ2n) is 16.5. The van der Waals surface area contributed by atoms with Crippen molar-refractivity contribution in [2.45, 2.75) is 108 Å². The Morgan fingerprint density at radius 2 is 1.53 bits per heavy atom. The van der Waals surface area contributed by atoms with Gasteiger partial charge in [0.1, 0.15) is 17.6 Å². The van der Waals surface area contributed by atoms with E-state index in [1.165, 1.54) is 31.5 Å². The third-order valence-corrected chi connectivity index (χ3v) is 12.7. The molecule has 57 heavy (non-hydrogen) atoms. The Hall–Kier alpha value is -4.85. The summed E-state index contributed by atoms with van der Waals surface area (Å²) in [4.78, 5) is 52.7. The molecule has 1 unspecified atom stereocenters. The summed E-state index contributed by atoms with van der Waals surface area (Å²) in [5.74, 6) is -0.874. The average molecular weight is 784 g/mol. The van der Waals surface area contributed by atoms with Crippen LogP contribution in [0.1, 0.15) is 83.5 Å². The van der Waals surface area contributed by atoms with E-state index in [9.17, 15) is 18.8 Å². The van der Waals surface area contributed by atoms with Gasteiger partial charge in [-0.1, -0.05) is 12.1 Å². The van der Waals surface area contributed by atoms with E-state index >= 15 is 4.39 Å². The van der Waals surface area contributed by atoms with E-state index in [1.807, 2.05) is 18.2 Å². The summed E-state index contributed by atoms with van der Waals surface area (Å²) in [5, 5.41) is 12.2. The Balaban J connectivity index is 0.750. The number of nitrogens with zero attached hydrogens (tertiary/aromatic N) is 5. The van der Waals surface area contributed by atoms with Crippen LogP contribution >= 0.6 is 0 Å². The van der Waals surface area contributed by atoms with E-state index < -0.39 is 11.9 Å². The normalized spacial score (nSPS) is 24.2. The fourth-order valence-electron chi connectivity index (χ4n) is 9.41. The molecular formula is C43H55F2N9O3. The molecule has 1 atom stereocenters. The van der Waals surface area contributed by atoms with Gasteiger partial charge in [-0.2, -0.15) is 0 Å². The lowest BCUT2D eigenvalue weighted by molar-refractivity contribution is -0.133. The number of halogens is 2. The largest absolute Gasteiger partial charge is 0.374 e. The lowest BCUT2D eigenvalue weighted by atomic mass is 9.85. The van der Waals surface area contributed by atoms with Gasteiger partial charge in [0.25, 0.3) is 0 Å². The standard InChI is InChI=1S/C43H55F2N9O3/c44-35-26-32(47-37-12-14-39(55)50-42(37)57)11-13-38(35)54-23-17-33(18-24-54)53-21-15-31(16-22-53)48-41(56)28-7-9-30(10-8-28)49-43-46-27-36(45)40(51-43)29-5-4-6-34(25-29)52-19-2-1-3-20-52/h4-6,11,13,25-28,30-31,33,37,47H,1-3,7-10,12,14-24H2,(H,48,56)(H,46,49,51)(H,50,55,57)/t28-,30-,37?. The van der Waals surface area contributed by atoms with Gasteiger partial charge in [0, 0.05) is 86.7 Å². The molecule has 5 heterocycles. The highest BCUT2D eigenvalue weighted by Crippen LogP contribution is 2.32. The number of amides is 3. The van der Waals surface area contributed by atoms with E-state index in [0.29, 0.717) is 35.5 Å². The van der Waals surface area contributed by atoms with E-state index in [0.717, 1.165) is 102 Å². The molecule has 12 nitrogen and oxygen atoms in total. The van der Waals surface area contributed by atoms with Gasteiger partial charge in [-0.15, -0.1) is 0 Å². The van der Waals surface area contributed by atoms with E-state index in [4.69, 9.17) is 0 Å². The number of nitrogens with one attached hydrogen (secondary N) is 4. The van der Waals surface area contributed by atoms with Gasteiger partial charge in [0.05, 0.1) is 11.9 Å². The number of imide groups is 1. The molecule has 1 aliphatic carbocycles. The molecule has 5 aliphatic rings. The Labute approximate surface area is 333 Å². The molecule has 0 spiro atoms. The predicted molar refractivity (Wildman–Crippen MR) is 217 cm³/mol. The minimum atomic E-state index is -0.552. The van der Waals surface area contributed by atoms with Crippen molar-refractivity contribution in [2.24, 2.45) is 5.92 Å². The van der Waals surface area contributed by atoms with Crippen LogP contribution in [0.5, 0.6) is 0 Å². The van der Waals surface area contributed by atoms with Crippen LogP contribution in [0.25, 0.3) is 11.3 Å². The van der Waals surface area contributed by atoms with Gasteiger partial charge in [-0.05, 0) is 107 Å². The Kier molecular flexibility index (Phi) is 12.1. The molecule has 3 amide bonds. The molecule has 1 aromatic heterocycles. The number of anilines is 4. The summed E-state index contributed by atoms with van der Waals surface area (Å²) in [5.41, 5.74) is 3.24. The van der Waals surface area contributed by atoms with Crippen LogP contribution < -0.4 is 31.1 Å². The number of aromatic nitrogens is 2. The zero-order valence-corrected chi connectivity index (χ0v) is 32.7. The van der Waals surface area contributed by atoms with Crippen molar-refractivity contribution in [3.05, 3.63) is 60.3 Å². The van der Waals surface area contributed by atoms with Crippen LogP contribution in [0, 0.1) is 17.6 Å². The molecule has 14 heteroatoms. The first kappa shape index (κ1) is 39.0. The zero-order valence-electron chi connectivity index (χ0n) is 32.7. The maximum atomic E-state index is 15.2. The molecule has 304 valence electrons. The number of hydrogen-bond donors (Lipinski definition) is 4. The first-order valence-corrected chi connectivity index (χ1v) is 21.1. The van der Waals surface area contributed by atoms with Crippen molar-refractivity contribution < 1.29 is 23.2 Å². The van der Waals surface area contributed by atoms with Crippen molar-refractivity contribution in [2.75, 3.05) is 59.7 Å². The van der Waals surface area contributed by atoms with E-state index in [1.54, 1.807) is 12.1 Å². The molecule has 0 bridgehead atoms. The maximum absolute atomic E-state index is 15.2. The summed E-state index contributed by atoms with van der Waals surface area (Å²) in [6, 6.07) is 13.2. The number of carbonyl (C=O) groups excluding carboxylic acids is 3. The Bertz CT molecular complexity index is 1900. The number of likely N-dealkylation sites (tertiary alicyclic amines) is 1. The highest BCUT2D eigenvalue weighted by Gasteiger charge is 2.33. The number of hydrogen-bond acceptors (Lipinski definition) is 10. The number of rotatable bonds is 10. The lowest BCUT2D eigenvalue weighted by Gasteiger charge is -2.42. The summed E-state index contributed by atoms with van der Waals surface area (Å²) in [6.45, 7) is 5.43. The summed E-state index contributed by atoms with van der Waals surface area (Å²) in [6.07, 6.45) is 12.4. The third-order valence-electron chi connectivity index (χ3n) is 12.7. The van der Waals surface area contributed by atoms with Crippen molar-refractivity contribution in [1.82, 2.24) is 25.5 Å². The molecule has 4 N–H and O–H groups in total. The van der Waals surface area contributed by atoms with Crippen LogP contribution in [-0.4, -0.2) is 96.0 Å². The Morgan fingerprint density at radius 3 is 2.26 bits per heavy atom. The number of carbonyl (C=O) groups is 3. The molecule has 4 aliphatic heterocycles. The summed E-state index contributed by atoms with van der Waals surface area (Å²) < 4.78 is 30.2. The van der Waals surface area contributed by atoms with Gasteiger partial charge < -0.3 is 30.7 Å². The third kappa shape index (κ3) is 9.48. The molecule has 2 aromatic carbocycles. The van der Waals surface area contributed by atoms with Crippen molar-refractivity contribution in [1.29, 1.82) is 0 Å². The first-order valence-electron chi connectivity index (χ1n) is 21.1. The van der Waals surface area contributed by atoms with Crippen LogP contribution in [0.15, 0.2) is 48.7 Å². The van der Waals surface area contributed by atoms with Gasteiger partial charge in [0.15, 0.2) is 5.82 Å². The lowest BCUT2D eigenvalue weighted by Crippen LogP contribution is -2.52. The van der Waals surface area contributed by atoms with Crippen LogP contribution in [-0.2, 0) is 14.4 Å². The second kappa shape index (κ2) is 17.7. The predicted octanol–water partition coefficient (Wildman–Crippen LogP) is 5.85. The van der Waals surface area contributed by atoms with Gasteiger partial charge in [-0.25, -0.2) is 18.7 Å². The van der Waals surface area contributed by atoms with E-state index in [2.05, 4.69) is 52.0 Å². The number of piperidine rings is 4. The smallest absolute Gasteiger partial charge is 0.249 e. The second-order valence-corrected chi connectivity index (χ2v) is 16.5. The highest BCUT2D eigenvalue weighted by molar-refractivity contribution is 6.01. The fraction of sp³-hybridized carbons (Fsp3) is 0.558. The van der Waals surface area contributed by atoms with Gasteiger partial charge in [0.2, 0.25) is 23.7 Å². The molecule has 1 saturated carbocycles. The minimum Gasteiger partial charge on any atom is -0.374 e. The zero-order chi connectivity index (χ0) is 39.3. The summed E-state index contributed by atoms with van der Waals surface area (Å²) >= 11 is 0. The molecule has 8 rings (SSSR count). The van der Waals surface area contributed by atoms with E-state index in [-0.39, 0.29) is 48.0 Å². The Morgan fingerprint density at radius 1 is 0.754 bits per heavy atom. The highest BCUT2D eigenvalue weighted by atomic mass is 19.1. The monoisotopic (exact) mass is 783 g/mol. The molecular weight excluding hydrogens is 729 g/mol. The van der Waals surface area contributed by atoms with Crippen molar-refractivity contribution in [3.63, 3.8) is 0 Å². The quantitative estimate of drug-likeness (QED) is 0.186. The van der Waals surface area contributed by atoms with Crippen LogP contribution in [0.2, 0.25) is 0 Å². The van der Waals surface area contributed by atoms with Crippen molar-refractivity contribution >= 4 is 40.7 Å². The fourth-order valence-corrected chi connectivity index (χ4v) is 9.41. The summed E-state index contributed by atoms with van der Waals surface area (Å²) in [7, 11) is 0. The topological polar surface area (TPSA) is 135 Å². The SMILES string of the molecule is O=C1CCC(Nc2ccc(N3CCC(N4CCC(NC(=O)[C@H]5CC[C@H](Nc6ncc(F)c(-c7cccc(N8CCCCC8)c7)n6)CC5)CC4)CC3)c(F)c2)C(=O)N1. The van der Waals surface area contributed by atoms with Gasteiger partial charge >= 0.3 is 0 Å². The van der Waals surface area contributed by atoms with Crippen LogP contribution in [0.4, 0.5) is 31.8 Å². The minimum absolute atomic E-state index is 0.0182. The molecule has 0 radical (unpaired) electrons. The van der Waals surface area contributed by atoms with Crippen molar-refractivity contribution in [3.8, 4) is 11.3 Å². The first-order chi connectivity index (χ1) is 27.8. The maximum Gasteiger partial charge on any atom is 0.249 e. The van der Waals surface area contributed by atoms with Gasteiger partial charge in [-0.3, -0.25) is 19.7 Å². The number of benzene rings is 2. The molecule has 5 fully saturated rings. The molecule has 4 saturated heterocycles. The van der Waals surface area contributed by atoms with Crippen LogP contribution in [0.3, 0.4) is 0 Å².